The second-order valence-electron chi connectivity index (χ2n) is 4.96. The van der Waals surface area contributed by atoms with Gasteiger partial charge in [0.2, 0.25) is 10.0 Å². The number of hydrogen-bond donors (Lipinski definition) is 1. The lowest BCUT2D eigenvalue weighted by Gasteiger charge is -2.12. The van der Waals surface area contributed by atoms with Gasteiger partial charge in [-0.15, -0.1) is 0 Å². The molecule has 0 aliphatic heterocycles. The molecule has 0 amide bonds. The Balaban J connectivity index is 1.90. The zero-order chi connectivity index (χ0) is 15.7. The zero-order valence-corrected chi connectivity index (χ0v) is 12.6. The Kier molecular flexibility index (Phi) is 3.72. The molecule has 0 radical (unpaired) electrons. The summed E-state index contributed by atoms with van der Waals surface area (Å²) in [6.07, 6.45) is 0. The molecule has 0 bridgehead atoms. The van der Waals surface area contributed by atoms with Crippen LogP contribution in [0, 0.1) is 5.82 Å². The molecule has 0 aliphatic carbocycles. The number of nitrogens with one attached hydrogen (secondary N) is 1. The van der Waals surface area contributed by atoms with Crippen molar-refractivity contribution in [2.24, 2.45) is 0 Å². The van der Waals surface area contributed by atoms with E-state index in [0.29, 0.717) is 11.3 Å². The van der Waals surface area contributed by atoms with Crippen molar-refractivity contribution in [1.29, 1.82) is 0 Å². The van der Waals surface area contributed by atoms with Crippen molar-refractivity contribution in [2.45, 2.75) is 17.9 Å². The Hall–Kier alpha value is -2.18. The van der Waals surface area contributed by atoms with Gasteiger partial charge in [-0.05, 0) is 31.2 Å². The Morgan fingerprint density at radius 1 is 1.09 bits per heavy atom. The van der Waals surface area contributed by atoms with Crippen molar-refractivity contribution < 1.29 is 17.2 Å². The normalized spacial score (nSPS) is 13.4. The van der Waals surface area contributed by atoms with Gasteiger partial charge in [0, 0.05) is 5.39 Å². The second kappa shape index (κ2) is 5.55. The van der Waals surface area contributed by atoms with Gasteiger partial charge in [-0.2, -0.15) is 0 Å². The molecule has 2 aromatic carbocycles. The first kappa shape index (κ1) is 14.7. The standard InChI is InChI=1S/C16H14FNO3S/c1-11(15-10-12-6-2-4-8-14(12)21-15)18-22(19,20)16-9-5-3-7-13(16)17/h2-11,18H,1H3/t11-/m1/s1. The lowest BCUT2D eigenvalue weighted by Crippen LogP contribution is -2.27. The number of benzene rings is 2. The minimum atomic E-state index is -3.96. The van der Waals surface area contributed by atoms with Crippen molar-refractivity contribution in [1.82, 2.24) is 4.72 Å². The molecule has 0 unspecified atom stereocenters. The van der Waals surface area contributed by atoms with E-state index in [2.05, 4.69) is 4.72 Å². The molecular weight excluding hydrogens is 305 g/mol. The third kappa shape index (κ3) is 2.75. The molecule has 114 valence electrons. The summed E-state index contributed by atoms with van der Waals surface area (Å²) in [5.74, 6) is -0.312. The molecule has 0 aliphatic rings. The van der Waals surface area contributed by atoms with Gasteiger partial charge >= 0.3 is 0 Å². The molecule has 1 atom stereocenters. The number of hydrogen-bond acceptors (Lipinski definition) is 3. The lowest BCUT2D eigenvalue weighted by atomic mass is 10.2. The topological polar surface area (TPSA) is 59.3 Å². The minimum Gasteiger partial charge on any atom is -0.459 e. The minimum absolute atomic E-state index is 0.377. The summed E-state index contributed by atoms with van der Waals surface area (Å²) in [6, 6.07) is 13.8. The maximum Gasteiger partial charge on any atom is 0.244 e. The summed E-state index contributed by atoms with van der Waals surface area (Å²) in [6.45, 7) is 1.65. The van der Waals surface area contributed by atoms with Crippen LogP contribution in [0.4, 0.5) is 4.39 Å². The van der Waals surface area contributed by atoms with E-state index in [-0.39, 0.29) is 4.90 Å². The summed E-state index contributed by atoms with van der Waals surface area (Å²) in [5, 5.41) is 0.884. The summed E-state index contributed by atoms with van der Waals surface area (Å²) < 4.78 is 46.2. The first-order valence-electron chi connectivity index (χ1n) is 6.73. The number of furan rings is 1. The predicted molar refractivity (Wildman–Crippen MR) is 81.4 cm³/mol. The Morgan fingerprint density at radius 2 is 1.77 bits per heavy atom. The SMILES string of the molecule is C[C@@H](NS(=O)(=O)c1ccccc1F)c1cc2ccccc2o1. The lowest BCUT2D eigenvalue weighted by molar-refractivity contribution is 0.482. The molecule has 1 N–H and O–H groups in total. The zero-order valence-electron chi connectivity index (χ0n) is 11.8. The fraction of sp³-hybridized carbons (Fsp3) is 0.125. The van der Waals surface area contributed by atoms with E-state index in [4.69, 9.17) is 4.42 Å². The Labute approximate surface area is 127 Å². The maximum atomic E-state index is 13.7. The van der Waals surface area contributed by atoms with Gasteiger partial charge in [0.05, 0.1) is 6.04 Å². The van der Waals surface area contributed by atoms with Crippen molar-refractivity contribution >= 4 is 21.0 Å². The van der Waals surface area contributed by atoms with Gasteiger partial charge in [-0.1, -0.05) is 30.3 Å². The number of halogens is 1. The van der Waals surface area contributed by atoms with Crippen molar-refractivity contribution in [2.75, 3.05) is 0 Å². The summed E-state index contributed by atoms with van der Waals surface area (Å²) in [7, 11) is -3.96. The fourth-order valence-corrected chi connectivity index (χ4v) is 3.52. The maximum absolute atomic E-state index is 13.7. The summed E-state index contributed by atoms with van der Waals surface area (Å²) in [4.78, 5) is -0.377. The van der Waals surface area contributed by atoms with Crippen LogP contribution in [0.25, 0.3) is 11.0 Å². The average molecular weight is 319 g/mol. The van der Waals surface area contributed by atoms with E-state index in [1.165, 1.54) is 18.2 Å². The highest BCUT2D eigenvalue weighted by molar-refractivity contribution is 7.89. The van der Waals surface area contributed by atoms with Gasteiger partial charge in [0.25, 0.3) is 0 Å². The third-order valence-electron chi connectivity index (χ3n) is 3.33. The van der Waals surface area contributed by atoms with Gasteiger partial charge in [-0.25, -0.2) is 17.5 Å². The number of sulfonamides is 1. The van der Waals surface area contributed by atoms with Gasteiger partial charge in [-0.3, -0.25) is 0 Å². The molecule has 1 aromatic heterocycles. The molecule has 1 heterocycles. The molecule has 4 nitrogen and oxygen atoms in total. The molecule has 0 saturated carbocycles. The molecule has 3 rings (SSSR count). The smallest absolute Gasteiger partial charge is 0.244 e. The van der Waals surface area contributed by atoms with Crippen LogP contribution in [0.3, 0.4) is 0 Å². The molecule has 0 spiro atoms. The first-order valence-corrected chi connectivity index (χ1v) is 8.21. The van der Waals surface area contributed by atoms with Crippen LogP contribution >= 0.6 is 0 Å². The van der Waals surface area contributed by atoms with Crippen LogP contribution in [-0.4, -0.2) is 8.42 Å². The molecular formula is C16H14FNO3S. The van der Waals surface area contributed by atoms with E-state index in [9.17, 15) is 12.8 Å². The summed E-state index contributed by atoms with van der Waals surface area (Å²) >= 11 is 0. The summed E-state index contributed by atoms with van der Waals surface area (Å²) in [5.41, 5.74) is 0.675. The highest BCUT2D eigenvalue weighted by atomic mass is 32.2. The van der Waals surface area contributed by atoms with Crippen molar-refractivity contribution in [3.63, 3.8) is 0 Å². The van der Waals surface area contributed by atoms with E-state index < -0.39 is 21.9 Å². The average Bonchev–Trinajstić information content (AvgIpc) is 2.91. The van der Waals surface area contributed by atoms with E-state index in [0.717, 1.165) is 11.5 Å². The monoisotopic (exact) mass is 319 g/mol. The van der Waals surface area contributed by atoms with E-state index in [1.807, 2.05) is 18.2 Å². The molecule has 22 heavy (non-hydrogen) atoms. The second-order valence-corrected chi connectivity index (χ2v) is 6.64. The largest absolute Gasteiger partial charge is 0.459 e. The molecule has 6 heteroatoms. The fourth-order valence-electron chi connectivity index (χ4n) is 2.23. The van der Waals surface area contributed by atoms with Crippen LogP contribution < -0.4 is 4.72 Å². The quantitative estimate of drug-likeness (QED) is 0.799. The van der Waals surface area contributed by atoms with Crippen LogP contribution in [0.15, 0.2) is 63.9 Å². The van der Waals surface area contributed by atoms with Crippen molar-refractivity contribution in [3.8, 4) is 0 Å². The van der Waals surface area contributed by atoms with Crippen LogP contribution in [-0.2, 0) is 10.0 Å². The molecule has 0 fully saturated rings. The third-order valence-corrected chi connectivity index (χ3v) is 4.90. The predicted octanol–water partition coefficient (Wildman–Crippen LogP) is 3.61. The number of para-hydroxylation sites is 1. The highest BCUT2D eigenvalue weighted by Crippen LogP contribution is 2.25. The Bertz CT molecular complexity index is 885. The molecule has 3 aromatic rings. The number of fused-ring (bicyclic) bond motifs is 1. The highest BCUT2D eigenvalue weighted by Gasteiger charge is 2.23. The van der Waals surface area contributed by atoms with Gasteiger partial charge < -0.3 is 4.42 Å². The van der Waals surface area contributed by atoms with E-state index >= 15 is 0 Å². The first-order chi connectivity index (χ1) is 10.5. The van der Waals surface area contributed by atoms with Gasteiger partial charge in [0.1, 0.15) is 22.1 Å². The van der Waals surface area contributed by atoms with E-state index in [1.54, 1.807) is 19.1 Å². The number of rotatable bonds is 4. The van der Waals surface area contributed by atoms with Gasteiger partial charge in [0.15, 0.2) is 0 Å². The van der Waals surface area contributed by atoms with Crippen LogP contribution in [0.5, 0.6) is 0 Å². The molecule has 0 saturated heterocycles. The van der Waals surface area contributed by atoms with Crippen LogP contribution in [0.2, 0.25) is 0 Å². The van der Waals surface area contributed by atoms with Crippen LogP contribution in [0.1, 0.15) is 18.7 Å². The van der Waals surface area contributed by atoms with Crippen molar-refractivity contribution in [3.05, 3.63) is 66.2 Å². The Morgan fingerprint density at radius 3 is 2.50 bits per heavy atom.